The van der Waals surface area contributed by atoms with Gasteiger partial charge in [-0.15, -0.1) is 0 Å². The number of likely N-dealkylation sites (N-methyl/N-ethyl adjacent to an activating group) is 2. The molecule has 1 aliphatic rings. The monoisotopic (exact) mass is 282 g/mol. The highest BCUT2D eigenvalue weighted by molar-refractivity contribution is 4.90. The lowest BCUT2D eigenvalue weighted by Crippen LogP contribution is -2.53. The minimum absolute atomic E-state index is 0.388. The first kappa shape index (κ1) is 18.0. The summed E-state index contributed by atoms with van der Waals surface area (Å²) in [6.07, 6.45) is 5.54. The highest BCUT2D eigenvalue weighted by Gasteiger charge is 2.33. The van der Waals surface area contributed by atoms with Crippen molar-refractivity contribution in [2.24, 2.45) is 10.8 Å². The van der Waals surface area contributed by atoms with E-state index in [0.717, 1.165) is 12.1 Å². The van der Waals surface area contributed by atoms with E-state index in [1.807, 2.05) is 0 Å². The van der Waals surface area contributed by atoms with Gasteiger partial charge in [0.05, 0.1) is 0 Å². The van der Waals surface area contributed by atoms with E-state index in [2.05, 4.69) is 65.4 Å². The highest BCUT2D eigenvalue weighted by atomic mass is 15.2. The zero-order valence-electron chi connectivity index (χ0n) is 15.3. The quantitative estimate of drug-likeness (QED) is 0.760. The van der Waals surface area contributed by atoms with E-state index in [-0.39, 0.29) is 0 Å². The third-order valence-electron chi connectivity index (χ3n) is 4.27. The van der Waals surface area contributed by atoms with Crippen molar-refractivity contribution in [1.29, 1.82) is 0 Å². The van der Waals surface area contributed by atoms with Crippen LogP contribution < -0.4 is 0 Å². The van der Waals surface area contributed by atoms with Gasteiger partial charge in [-0.3, -0.25) is 0 Å². The summed E-state index contributed by atoms with van der Waals surface area (Å²) in [5.74, 6) is 0. The fourth-order valence-corrected chi connectivity index (χ4v) is 3.85. The lowest BCUT2D eigenvalue weighted by atomic mass is 9.85. The second kappa shape index (κ2) is 6.79. The third kappa shape index (κ3) is 6.13. The average Bonchev–Trinajstić information content (AvgIpc) is 2.24. The van der Waals surface area contributed by atoms with Crippen molar-refractivity contribution in [3.05, 3.63) is 0 Å². The van der Waals surface area contributed by atoms with E-state index in [9.17, 15) is 0 Å². The second-order valence-corrected chi connectivity index (χ2v) is 9.37. The van der Waals surface area contributed by atoms with Gasteiger partial charge >= 0.3 is 0 Å². The third-order valence-corrected chi connectivity index (χ3v) is 4.27. The number of rotatable bonds is 4. The molecule has 0 radical (unpaired) electrons. The second-order valence-electron chi connectivity index (χ2n) is 9.37. The molecule has 0 unspecified atom stereocenters. The first-order valence-electron chi connectivity index (χ1n) is 8.40. The smallest absolute Gasteiger partial charge is 0.0248 e. The van der Waals surface area contributed by atoms with Gasteiger partial charge in [-0.1, -0.05) is 54.4 Å². The van der Waals surface area contributed by atoms with E-state index < -0.39 is 0 Å². The van der Waals surface area contributed by atoms with Gasteiger partial charge in [-0.25, -0.2) is 0 Å². The minimum atomic E-state index is 0.388. The molecule has 2 heteroatoms. The molecule has 2 atom stereocenters. The van der Waals surface area contributed by atoms with Crippen molar-refractivity contribution in [3.8, 4) is 0 Å². The van der Waals surface area contributed by atoms with Crippen LogP contribution in [0.5, 0.6) is 0 Å². The van der Waals surface area contributed by atoms with Crippen LogP contribution in [0.4, 0.5) is 0 Å². The number of nitrogens with zero attached hydrogens (tertiary/aromatic N) is 2. The summed E-state index contributed by atoms with van der Waals surface area (Å²) in [6, 6.07) is 1.46. The Bertz CT molecular complexity index is 255. The summed E-state index contributed by atoms with van der Waals surface area (Å²) in [5, 5.41) is 0. The standard InChI is InChI=1S/C18H38N2/c1-17(2,3)13-19(7)15-11-9-10-12-16(15)20(8)14-18(4,5)6/h15-16H,9-14H2,1-8H3/t15-,16-/m0/s1. The summed E-state index contributed by atoms with van der Waals surface area (Å²) < 4.78 is 0. The molecule has 0 aromatic heterocycles. The van der Waals surface area contributed by atoms with Crippen molar-refractivity contribution in [2.75, 3.05) is 27.2 Å². The largest absolute Gasteiger partial charge is 0.301 e. The Labute approximate surface area is 127 Å². The zero-order valence-corrected chi connectivity index (χ0v) is 15.3. The summed E-state index contributed by atoms with van der Waals surface area (Å²) in [4.78, 5) is 5.26. The zero-order chi connectivity index (χ0) is 15.6. The molecule has 0 N–H and O–H groups in total. The Kier molecular flexibility index (Phi) is 6.10. The summed E-state index contributed by atoms with van der Waals surface area (Å²) >= 11 is 0. The van der Waals surface area contributed by atoms with Crippen LogP contribution in [0.15, 0.2) is 0 Å². The van der Waals surface area contributed by atoms with Crippen LogP contribution in [-0.2, 0) is 0 Å². The van der Waals surface area contributed by atoms with Crippen LogP contribution in [0.25, 0.3) is 0 Å². The molecule has 0 heterocycles. The van der Waals surface area contributed by atoms with Crippen LogP contribution in [0, 0.1) is 10.8 Å². The van der Waals surface area contributed by atoms with Gasteiger partial charge in [0.2, 0.25) is 0 Å². The molecule has 0 saturated heterocycles. The van der Waals surface area contributed by atoms with Gasteiger partial charge in [0.1, 0.15) is 0 Å². The Morgan fingerprint density at radius 1 is 0.700 bits per heavy atom. The molecule has 1 aliphatic carbocycles. The molecule has 0 aromatic rings. The van der Waals surface area contributed by atoms with Crippen molar-refractivity contribution < 1.29 is 0 Å². The predicted octanol–water partition coefficient (Wildman–Crippen LogP) is 4.25. The molecule has 1 rings (SSSR count). The first-order valence-corrected chi connectivity index (χ1v) is 8.40. The van der Waals surface area contributed by atoms with Gasteiger partial charge in [0, 0.05) is 25.2 Å². The molecule has 20 heavy (non-hydrogen) atoms. The molecule has 1 saturated carbocycles. The highest BCUT2D eigenvalue weighted by Crippen LogP contribution is 2.29. The maximum atomic E-state index is 2.63. The normalized spacial score (nSPS) is 25.5. The molecular formula is C18H38N2. The van der Waals surface area contributed by atoms with E-state index in [4.69, 9.17) is 0 Å². The lowest BCUT2D eigenvalue weighted by molar-refractivity contribution is 0.0440. The fourth-order valence-electron chi connectivity index (χ4n) is 3.85. The van der Waals surface area contributed by atoms with Crippen LogP contribution in [0.3, 0.4) is 0 Å². The molecule has 0 amide bonds. The summed E-state index contributed by atoms with van der Waals surface area (Å²) in [6.45, 7) is 16.5. The summed E-state index contributed by atoms with van der Waals surface area (Å²) in [5.41, 5.74) is 0.776. The molecular weight excluding hydrogens is 244 g/mol. The minimum Gasteiger partial charge on any atom is -0.301 e. The van der Waals surface area contributed by atoms with Crippen molar-refractivity contribution in [1.82, 2.24) is 9.80 Å². The first-order chi connectivity index (χ1) is 8.99. The number of hydrogen-bond acceptors (Lipinski definition) is 2. The average molecular weight is 283 g/mol. The SMILES string of the molecule is CN(CC(C)(C)C)[C@H]1CCCC[C@@H]1N(C)CC(C)(C)C. The van der Waals surface area contributed by atoms with E-state index in [0.29, 0.717) is 10.8 Å². The Balaban J connectivity index is 2.71. The maximum absolute atomic E-state index is 2.63. The van der Waals surface area contributed by atoms with Crippen LogP contribution in [0.2, 0.25) is 0 Å². The van der Waals surface area contributed by atoms with Gasteiger partial charge in [0.25, 0.3) is 0 Å². The van der Waals surface area contributed by atoms with Crippen LogP contribution in [0.1, 0.15) is 67.2 Å². The van der Waals surface area contributed by atoms with Crippen LogP contribution >= 0.6 is 0 Å². The number of hydrogen-bond donors (Lipinski definition) is 0. The molecule has 120 valence electrons. The van der Waals surface area contributed by atoms with Crippen molar-refractivity contribution in [2.45, 2.75) is 79.3 Å². The van der Waals surface area contributed by atoms with Gasteiger partial charge in [0.15, 0.2) is 0 Å². The molecule has 1 fully saturated rings. The van der Waals surface area contributed by atoms with Gasteiger partial charge < -0.3 is 9.80 Å². The van der Waals surface area contributed by atoms with E-state index in [1.165, 1.54) is 38.8 Å². The van der Waals surface area contributed by atoms with Crippen molar-refractivity contribution in [3.63, 3.8) is 0 Å². The topological polar surface area (TPSA) is 6.48 Å². The van der Waals surface area contributed by atoms with Crippen LogP contribution in [-0.4, -0.2) is 49.1 Å². The lowest BCUT2D eigenvalue weighted by Gasteiger charge is -2.45. The Hall–Kier alpha value is -0.0800. The molecule has 0 bridgehead atoms. The fraction of sp³-hybridized carbons (Fsp3) is 1.00. The molecule has 0 aromatic carbocycles. The molecule has 2 nitrogen and oxygen atoms in total. The Morgan fingerprint density at radius 2 is 1.00 bits per heavy atom. The van der Waals surface area contributed by atoms with E-state index >= 15 is 0 Å². The Morgan fingerprint density at radius 3 is 1.25 bits per heavy atom. The predicted molar refractivity (Wildman–Crippen MR) is 90.2 cm³/mol. The molecule has 0 spiro atoms. The van der Waals surface area contributed by atoms with Gasteiger partial charge in [-0.2, -0.15) is 0 Å². The summed E-state index contributed by atoms with van der Waals surface area (Å²) in [7, 11) is 4.67. The van der Waals surface area contributed by atoms with Crippen molar-refractivity contribution >= 4 is 0 Å². The molecule has 0 aliphatic heterocycles. The maximum Gasteiger partial charge on any atom is 0.0248 e. The van der Waals surface area contributed by atoms with Gasteiger partial charge in [-0.05, 0) is 37.8 Å². The van der Waals surface area contributed by atoms with E-state index in [1.54, 1.807) is 0 Å².